The fourth-order valence-electron chi connectivity index (χ4n) is 4.33. The maximum atomic E-state index is 13.2. The highest BCUT2D eigenvalue weighted by atomic mass is 32.2. The number of benzene rings is 2. The zero-order valence-electron chi connectivity index (χ0n) is 23.8. The molecule has 2 heterocycles. The second-order valence-electron chi connectivity index (χ2n) is 10.3. The fraction of sp³-hybridized carbons (Fsp3) is 0.286. The van der Waals surface area contributed by atoms with Crippen LogP contribution in [0, 0.1) is 0 Å². The number of hydrogen-bond acceptors (Lipinski definition) is 7. The van der Waals surface area contributed by atoms with Crippen LogP contribution in [-0.4, -0.2) is 32.5 Å². The molecule has 4 rings (SSSR count). The third kappa shape index (κ3) is 7.18. The average Bonchev–Trinajstić information content (AvgIpc) is 3.29. The van der Waals surface area contributed by atoms with E-state index in [1.165, 1.54) is 31.3 Å². The number of anilines is 1. The summed E-state index contributed by atoms with van der Waals surface area (Å²) in [5.41, 5.74) is 4.67. The molecule has 0 fully saturated rings. The molecule has 42 heavy (non-hydrogen) atoms. The Kier molecular flexibility index (Phi) is 9.11. The summed E-state index contributed by atoms with van der Waals surface area (Å²) in [6.07, 6.45) is 0. The molecule has 0 bridgehead atoms. The number of nitrogens with zero attached hydrogens (tertiary/aromatic N) is 4. The minimum Gasteiger partial charge on any atom is -0.321 e. The lowest BCUT2D eigenvalue weighted by Gasteiger charge is -2.16. The minimum atomic E-state index is -4.20. The number of amides is 1. The Hall–Kier alpha value is -3.72. The molecule has 0 unspecified atom stereocenters. The molecular weight excluding hydrogens is 597 g/mol. The Morgan fingerprint density at radius 2 is 1.52 bits per heavy atom. The van der Waals surface area contributed by atoms with Crippen molar-refractivity contribution in [3.05, 3.63) is 82.9 Å². The van der Waals surface area contributed by atoms with Crippen LogP contribution in [-0.2, 0) is 38.4 Å². The van der Waals surface area contributed by atoms with Crippen molar-refractivity contribution in [1.82, 2.24) is 9.78 Å². The topological polar surface area (TPSA) is 157 Å². The van der Waals surface area contributed by atoms with Crippen LogP contribution in [0.1, 0.15) is 50.9 Å². The summed E-state index contributed by atoms with van der Waals surface area (Å²) in [6.45, 7) is 8.45. The Morgan fingerprint density at radius 1 is 0.952 bits per heavy atom. The van der Waals surface area contributed by atoms with Crippen molar-refractivity contribution in [2.24, 2.45) is 16.6 Å². The first-order valence-corrected chi connectivity index (χ1v) is 16.9. The lowest BCUT2D eigenvalue weighted by molar-refractivity contribution is -0.700. The second-order valence-corrected chi connectivity index (χ2v) is 14.6. The smallest absolute Gasteiger partial charge is 0.290 e. The van der Waals surface area contributed by atoms with Gasteiger partial charge in [-0.05, 0) is 35.4 Å². The maximum absolute atomic E-state index is 13.2. The van der Waals surface area contributed by atoms with Crippen molar-refractivity contribution in [1.29, 1.82) is 0 Å². The average molecular weight is 630 g/mol. The molecule has 0 atom stereocenters. The number of nitrogens with two attached hydrogens (primary N) is 1. The molecule has 0 saturated carbocycles. The number of pyridine rings is 1. The van der Waals surface area contributed by atoms with Gasteiger partial charge in [-0.1, -0.05) is 69.4 Å². The van der Waals surface area contributed by atoms with E-state index in [0.29, 0.717) is 17.0 Å². The molecule has 11 nitrogen and oxygen atoms in total. The zero-order valence-corrected chi connectivity index (χ0v) is 26.3. The lowest BCUT2D eigenvalue weighted by atomic mass is 9.97. The summed E-state index contributed by atoms with van der Waals surface area (Å²) < 4.78 is 55.1. The van der Waals surface area contributed by atoms with Crippen LogP contribution in [0.3, 0.4) is 0 Å². The summed E-state index contributed by atoms with van der Waals surface area (Å²) in [5, 5.41) is 11.6. The zero-order chi connectivity index (χ0) is 30.8. The second kappa shape index (κ2) is 12.3. The van der Waals surface area contributed by atoms with Crippen molar-refractivity contribution in [2.75, 3.05) is 5.32 Å². The summed E-state index contributed by atoms with van der Waals surface area (Å²) in [7, 11) is -6.94. The van der Waals surface area contributed by atoms with Gasteiger partial charge in [0.1, 0.15) is 0 Å². The van der Waals surface area contributed by atoms with Crippen molar-refractivity contribution in [2.45, 2.75) is 55.3 Å². The van der Waals surface area contributed by atoms with Crippen LogP contribution < -0.4 is 19.8 Å². The first-order valence-electron chi connectivity index (χ1n) is 13.1. The van der Waals surface area contributed by atoms with Crippen LogP contribution in [0.25, 0.3) is 11.1 Å². The molecule has 0 aliphatic carbocycles. The van der Waals surface area contributed by atoms with Gasteiger partial charge in [-0.25, -0.2) is 18.2 Å². The number of rotatable bonds is 9. The fourth-order valence-corrected chi connectivity index (χ4v) is 7.10. The lowest BCUT2D eigenvalue weighted by Crippen LogP contribution is -2.48. The predicted molar refractivity (Wildman–Crippen MR) is 161 cm³/mol. The normalized spacial score (nSPS) is 12.7. The number of hydrogen-bond donors (Lipinski definition) is 2. The largest absolute Gasteiger partial charge is 0.321 e. The Labute approximate surface area is 249 Å². The van der Waals surface area contributed by atoms with Crippen molar-refractivity contribution in [3.63, 3.8) is 0 Å². The van der Waals surface area contributed by atoms with E-state index in [2.05, 4.69) is 66.8 Å². The number of primary sulfonamides is 1. The van der Waals surface area contributed by atoms with Gasteiger partial charge in [-0.2, -0.15) is 13.0 Å². The molecule has 0 aliphatic heterocycles. The molecule has 3 N–H and O–H groups in total. The molecule has 0 radical (unpaired) electrons. The van der Waals surface area contributed by atoms with E-state index in [4.69, 9.17) is 5.14 Å². The minimum absolute atomic E-state index is 0.0831. The molecule has 222 valence electrons. The van der Waals surface area contributed by atoms with Crippen LogP contribution in [0.5, 0.6) is 0 Å². The highest BCUT2D eigenvalue weighted by Gasteiger charge is 2.26. The quantitative estimate of drug-likeness (QED) is 0.271. The molecule has 2 aromatic carbocycles. The van der Waals surface area contributed by atoms with E-state index < -0.39 is 24.4 Å². The summed E-state index contributed by atoms with van der Waals surface area (Å²) in [5.74, 6) is 0.0611. The summed E-state index contributed by atoms with van der Waals surface area (Å²) in [6, 6.07) is 19.9. The molecule has 2 aromatic heterocycles. The molecule has 1 amide bonds. The van der Waals surface area contributed by atoms with Gasteiger partial charge in [0.05, 0.1) is 4.90 Å². The number of nitrogens with one attached hydrogen (secondary N) is 1. The SMILES string of the molecule is CC(C)c1cc(-c2ccccc2)cc(C(C)C)[n+]1CC(=O)Nc1ccc(S(=O)(=O)N=c2sc(S(N)(=O)=O)nn2C)cc1. The predicted octanol–water partition coefficient (Wildman–Crippen LogP) is 3.26. The van der Waals surface area contributed by atoms with Gasteiger partial charge in [0, 0.05) is 36.7 Å². The van der Waals surface area contributed by atoms with E-state index in [1.54, 1.807) is 0 Å². The van der Waals surface area contributed by atoms with E-state index >= 15 is 0 Å². The highest BCUT2D eigenvalue weighted by molar-refractivity contribution is 7.91. The number of sulfonamides is 2. The van der Waals surface area contributed by atoms with Crippen LogP contribution in [0.15, 0.2) is 80.4 Å². The van der Waals surface area contributed by atoms with Gasteiger partial charge in [0.2, 0.25) is 15.7 Å². The molecule has 0 saturated heterocycles. The molecule has 14 heteroatoms. The van der Waals surface area contributed by atoms with E-state index in [9.17, 15) is 21.6 Å². The molecule has 0 aliphatic rings. The van der Waals surface area contributed by atoms with Crippen LogP contribution in [0.2, 0.25) is 0 Å². The van der Waals surface area contributed by atoms with Gasteiger partial charge >= 0.3 is 0 Å². The van der Waals surface area contributed by atoms with Gasteiger partial charge in [-0.3, -0.25) is 4.79 Å². The monoisotopic (exact) mass is 629 g/mol. The number of aromatic nitrogens is 3. The summed E-state index contributed by atoms with van der Waals surface area (Å²) in [4.78, 5) is 12.9. The Bertz CT molecular complexity index is 1870. The Balaban J connectivity index is 1.57. The van der Waals surface area contributed by atoms with E-state index in [1.807, 2.05) is 22.8 Å². The third-order valence-corrected chi connectivity index (χ3v) is 10.1. The third-order valence-electron chi connectivity index (χ3n) is 6.39. The molecule has 0 spiro atoms. The number of carbonyl (C=O) groups excluding carboxylic acids is 1. The van der Waals surface area contributed by atoms with Gasteiger partial charge < -0.3 is 5.32 Å². The number of carbonyl (C=O) groups is 1. The van der Waals surface area contributed by atoms with Crippen LogP contribution in [0.4, 0.5) is 5.69 Å². The van der Waals surface area contributed by atoms with E-state index in [0.717, 1.165) is 27.2 Å². The maximum Gasteiger partial charge on any atom is 0.290 e. The van der Waals surface area contributed by atoms with Gasteiger partial charge in [0.15, 0.2) is 11.4 Å². The van der Waals surface area contributed by atoms with Crippen molar-refractivity contribution >= 4 is 43.0 Å². The highest BCUT2D eigenvalue weighted by Crippen LogP contribution is 2.26. The number of aryl methyl sites for hydroxylation is 1. The van der Waals surface area contributed by atoms with Crippen molar-refractivity contribution < 1.29 is 26.2 Å². The first-order chi connectivity index (χ1) is 19.7. The Morgan fingerprint density at radius 3 is 2.02 bits per heavy atom. The van der Waals surface area contributed by atoms with E-state index in [-0.39, 0.29) is 34.0 Å². The standard InChI is InChI=1S/C28H32N6O5S3/c1-18(2)24-15-21(20-9-7-6-8-10-20)16-25(19(3)4)34(24)17-26(35)30-22-11-13-23(14-12-22)42(38,39)32-27-33(5)31-28(40-27)41(29,36)37/h6-16,18-19H,17H2,1-5H3,(H2-,29,30,35,36,37)/p+1. The molecule has 4 aromatic rings. The molecular formula is C28H33N6O5S3+. The summed E-state index contributed by atoms with van der Waals surface area (Å²) >= 11 is 0.540. The van der Waals surface area contributed by atoms with Crippen LogP contribution >= 0.6 is 11.3 Å². The van der Waals surface area contributed by atoms with Gasteiger partial charge in [0.25, 0.3) is 26.0 Å². The van der Waals surface area contributed by atoms with Crippen molar-refractivity contribution in [3.8, 4) is 11.1 Å². The van der Waals surface area contributed by atoms with Gasteiger partial charge in [-0.15, -0.1) is 9.50 Å². The first kappa shape index (κ1) is 31.2.